The van der Waals surface area contributed by atoms with E-state index in [1.165, 1.54) is 71.5 Å². The number of ether oxygens (including phenoxy) is 1. The maximum absolute atomic E-state index is 6.76. The standard InChI is InChI=1S/C47H29NO/c1-2-14-32(15-3-1)48-42-27-25-30-13-4-5-16-33(30)45(42)37-20-12-19-34(46(37)48)31-26-28-44-41(29-31)47(40-23-10-11-24-43(40)49-44)38-21-8-6-17-35(38)36-18-7-9-22-39(36)47/h1-29H. The van der Waals surface area contributed by atoms with Gasteiger partial charge in [-0.15, -0.1) is 0 Å². The number of benzene rings is 8. The quantitative estimate of drug-likeness (QED) is 0.187. The second-order valence-electron chi connectivity index (χ2n) is 13.2. The molecule has 1 aromatic heterocycles. The third-order valence-electron chi connectivity index (χ3n) is 10.8. The first-order valence-electron chi connectivity index (χ1n) is 16.9. The lowest BCUT2D eigenvalue weighted by Crippen LogP contribution is -2.32. The van der Waals surface area contributed by atoms with E-state index in [0.29, 0.717) is 0 Å². The van der Waals surface area contributed by atoms with Gasteiger partial charge in [-0.25, -0.2) is 0 Å². The molecule has 8 aromatic carbocycles. The molecule has 9 aromatic rings. The lowest BCUT2D eigenvalue weighted by Gasteiger charge is -2.39. The molecule has 2 nitrogen and oxygen atoms in total. The highest BCUT2D eigenvalue weighted by Crippen LogP contribution is 2.62. The van der Waals surface area contributed by atoms with Gasteiger partial charge in [0.1, 0.15) is 11.5 Å². The van der Waals surface area contributed by atoms with Gasteiger partial charge in [0.25, 0.3) is 0 Å². The summed E-state index contributed by atoms with van der Waals surface area (Å²) in [5.74, 6) is 1.81. The second-order valence-corrected chi connectivity index (χ2v) is 13.2. The molecule has 1 spiro atoms. The molecular formula is C47H29NO. The SMILES string of the molecule is c1ccc(-n2c3ccc4ccccc4c3c3cccc(-c4ccc5c(c4)C4(c6ccccc6O5)c5ccccc5-c5ccccc54)c32)cc1. The third-order valence-corrected chi connectivity index (χ3v) is 10.8. The normalized spacial score (nSPS) is 13.6. The van der Waals surface area contributed by atoms with Crippen LogP contribution >= 0.6 is 0 Å². The highest BCUT2D eigenvalue weighted by atomic mass is 16.5. The number of hydrogen-bond donors (Lipinski definition) is 0. The van der Waals surface area contributed by atoms with Crippen LogP contribution in [0.1, 0.15) is 22.3 Å². The molecule has 0 saturated heterocycles. The summed E-state index contributed by atoms with van der Waals surface area (Å²) in [7, 11) is 0. The molecule has 1 aliphatic heterocycles. The molecular weight excluding hydrogens is 595 g/mol. The fourth-order valence-electron chi connectivity index (χ4n) is 8.94. The van der Waals surface area contributed by atoms with Crippen molar-refractivity contribution in [3.05, 3.63) is 198 Å². The molecule has 2 heteroatoms. The van der Waals surface area contributed by atoms with Gasteiger partial charge in [-0.2, -0.15) is 0 Å². The van der Waals surface area contributed by atoms with Gasteiger partial charge in [-0.3, -0.25) is 0 Å². The Morgan fingerprint density at radius 2 is 1.06 bits per heavy atom. The number of para-hydroxylation sites is 3. The third kappa shape index (κ3) is 3.45. The molecule has 0 bridgehead atoms. The van der Waals surface area contributed by atoms with Crippen LogP contribution in [-0.2, 0) is 5.41 Å². The summed E-state index contributed by atoms with van der Waals surface area (Å²) >= 11 is 0. The summed E-state index contributed by atoms with van der Waals surface area (Å²) in [6.07, 6.45) is 0. The molecule has 0 unspecified atom stereocenters. The molecule has 1 aliphatic carbocycles. The fraction of sp³-hybridized carbons (Fsp3) is 0.0213. The molecule has 228 valence electrons. The summed E-state index contributed by atoms with van der Waals surface area (Å²) in [5, 5.41) is 5.05. The van der Waals surface area contributed by atoms with Crippen molar-refractivity contribution in [3.8, 4) is 39.4 Å². The van der Waals surface area contributed by atoms with Crippen LogP contribution in [0.3, 0.4) is 0 Å². The van der Waals surface area contributed by atoms with Crippen LogP contribution in [0.4, 0.5) is 0 Å². The van der Waals surface area contributed by atoms with E-state index in [1.54, 1.807) is 0 Å². The van der Waals surface area contributed by atoms with Crippen molar-refractivity contribution >= 4 is 32.6 Å². The van der Waals surface area contributed by atoms with Gasteiger partial charge >= 0.3 is 0 Å². The Balaban J connectivity index is 1.26. The van der Waals surface area contributed by atoms with E-state index in [2.05, 4.69) is 180 Å². The molecule has 0 N–H and O–H groups in total. The number of hydrogen-bond acceptors (Lipinski definition) is 1. The summed E-state index contributed by atoms with van der Waals surface area (Å²) in [4.78, 5) is 0. The molecule has 2 heterocycles. The van der Waals surface area contributed by atoms with Gasteiger partial charge in [0, 0.05) is 33.2 Å². The zero-order chi connectivity index (χ0) is 32.1. The predicted molar refractivity (Wildman–Crippen MR) is 201 cm³/mol. The van der Waals surface area contributed by atoms with Crippen LogP contribution in [0.5, 0.6) is 11.5 Å². The van der Waals surface area contributed by atoms with Gasteiger partial charge in [-0.1, -0.05) is 140 Å². The first-order valence-corrected chi connectivity index (χ1v) is 16.9. The predicted octanol–water partition coefficient (Wildman–Crippen LogP) is 12.1. The Morgan fingerprint density at radius 1 is 0.429 bits per heavy atom. The topological polar surface area (TPSA) is 14.2 Å². The van der Waals surface area contributed by atoms with Gasteiger partial charge in [0.15, 0.2) is 0 Å². The average molecular weight is 624 g/mol. The molecule has 0 atom stereocenters. The Kier molecular flexibility index (Phi) is 5.34. The van der Waals surface area contributed by atoms with Crippen molar-refractivity contribution in [2.75, 3.05) is 0 Å². The lowest BCUT2D eigenvalue weighted by atomic mass is 9.66. The minimum atomic E-state index is -0.510. The van der Waals surface area contributed by atoms with E-state index in [0.717, 1.165) is 22.7 Å². The van der Waals surface area contributed by atoms with Crippen molar-refractivity contribution in [1.82, 2.24) is 4.57 Å². The fourth-order valence-corrected chi connectivity index (χ4v) is 8.94. The van der Waals surface area contributed by atoms with Crippen LogP contribution in [0.2, 0.25) is 0 Å². The largest absolute Gasteiger partial charge is 0.457 e. The maximum atomic E-state index is 6.76. The van der Waals surface area contributed by atoms with Crippen LogP contribution in [-0.4, -0.2) is 4.57 Å². The Morgan fingerprint density at radius 3 is 1.88 bits per heavy atom. The lowest BCUT2D eigenvalue weighted by molar-refractivity contribution is 0.436. The molecule has 0 radical (unpaired) electrons. The van der Waals surface area contributed by atoms with E-state index in [-0.39, 0.29) is 0 Å². The van der Waals surface area contributed by atoms with Crippen LogP contribution in [0.25, 0.3) is 60.5 Å². The second kappa shape index (κ2) is 9.82. The van der Waals surface area contributed by atoms with Gasteiger partial charge in [0.05, 0.1) is 16.4 Å². The molecule has 2 aliphatic rings. The van der Waals surface area contributed by atoms with Crippen molar-refractivity contribution in [1.29, 1.82) is 0 Å². The average Bonchev–Trinajstić information content (AvgIpc) is 3.67. The van der Waals surface area contributed by atoms with Crippen molar-refractivity contribution < 1.29 is 4.74 Å². The van der Waals surface area contributed by atoms with E-state index in [1.807, 2.05) is 0 Å². The van der Waals surface area contributed by atoms with Crippen LogP contribution in [0, 0.1) is 0 Å². The van der Waals surface area contributed by atoms with Crippen molar-refractivity contribution in [3.63, 3.8) is 0 Å². The molecule has 11 rings (SSSR count). The monoisotopic (exact) mass is 623 g/mol. The summed E-state index contributed by atoms with van der Waals surface area (Å²) in [5.41, 5.74) is 12.9. The van der Waals surface area contributed by atoms with E-state index in [4.69, 9.17) is 4.74 Å². The first kappa shape index (κ1) is 26.7. The minimum Gasteiger partial charge on any atom is -0.457 e. The molecule has 0 saturated carbocycles. The van der Waals surface area contributed by atoms with Gasteiger partial charge < -0.3 is 9.30 Å². The Bertz CT molecular complexity index is 2760. The molecule has 0 amide bonds. The summed E-state index contributed by atoms with van der Waals surface area (Å²) < 4.78 is 9.21. The number of nitrogens with zero attached hydrogens (tertiary/aromatic N) is 1. The Labute approximate surface area is 284 Å². The zero-order valence-electron chi connectivity index (χ0n) is 26.6. The van der Waals surface area contributed by atoms with E-state index >= 15 is 0 Å². The highest BCUT2D eigenvalue weighted by molar-refractivity contribution is 6.23. The van der Waals surface area contributed by atoms with Crippen molar-refractivity contribution in [2.45, 2.75) is 5.41 Å². The zero-order valence-corrected chi connectivity index (χ0v) is 26.6. The van der Waals surface area contributed by atoms with E-state index in [9.17, 15) is 0 Å². The van der Waals surface area contributed by atoms with Crippen LogP contribution in [0.15, 0.2) is 176 Å². The number of rotatable bonds is 2. The van der Waals surface area contributed by atoms with Crippen LogP contribution < -0.4 is 4.74 Å². The molecule has 0 fully saturated rings. The molecule has 49 heavy (non-hydrogen) atoms. The number of fused-ring (bicyclic) bond motifs is 14. The van der Waals surface area contributed by atoms with Crippen molar-refractivity contribution in [2.24, 2.45) is 0 Å². The highest BCUT2D eigenvalue weighted by Gasteiger charge is 2.51. The smallest absolute Gasteiger partial charge is 0.132 e. The Hall–Kier alpha value is -6.38. The minimum absolute atomic E-state index is 0.510. The van der Waals surface area contributed by atoms with Gasteiger partial charge in [-0.05, 0) is 75.0 Å². The summed E-state index contributed by atoms with van der Waals surface area (Å²) in [6, 6.07) is 64.1. The van der Waals surface area contributed by atoms with E-state index < -0.39 is 5.41 Å². The number of aromatic nitrogens is 1. The summed E-state index contributed by atoms with van der Waals surface area (Å²) in [6.45, 7) is 0. The van der Waals surface area contributed by atoms with Gasteiger partial charge in [0.2, 0.25) is 0 Å². The first-order chi connectivity index (χ1) is 24.3. The maximum Gasteiger partial charge on any atom is 0.132 e.